The Bertz CT molecular complexity index is 573. The quantitative estimate of drug-likeness (QED) is 0.913. The molecule has 1 amide bonds. The van der Waals surface area contributed by atoms with Crippen molar-refractivity contribution in [2.45, 2.75) is 51.3 Å². The second-order valence-electron chi connectivity index (χ2n) is 7.11. The molecule has 1 aromatic carbocycles. The molecule has 0 spiro atoms. The lowest BCUT2D eigenvalue weighted by Crippen LogP contribution is -2.49. The Morgan fingerprint density at radius 2 is 1.67 bits per heavy atom. The van der Waals surface area contributed by atoms with Gasteiger partial charge in [-0.3, -0.25) is 4.79 Å². The van der Waals surface area contributed by atoms with Crippen molar-refractivity contribution >= 4 is 5.91 Å². The Morgan fingerprint density at radius 3 is 2.12 bits per heavy atom. The molecular formula is C18H24F3NO2. The number of piperidine rings is 1. The molecule has 0 aliphatic carbocycles. The molecule has 0 saturated carbocycles. The molecule has 1 atom stereocenters. The number of carbonyl (C=O) groups is 1. The third kappa shape index (κ3) is 3.91. The van der Waals surface area contributed by atoms with Crippen LogP contribution in [-0.2, 0) is 10.2 Å². The number of aryl methyl sites for hydroxylation is 1. The Balaban J connectivity index is 2.03. The molecule has 2 rings (SSSR count). The first-order valence-electron chi connectivity index (χ1n) is 8.15. The minimum atomic E-state index is -4.60. The second-order valence-corrected chi connectivity index (χ2v) is 7.11. The largest absolute Gasteiger partial charge is 0.414 e. The molecule has 1 heterocycles. The lowest BCUT2D eigenvalue weighted by atomic mass is 9.81. The number of amides is 1. The number of halogens is 3. The van der Waals surface area contributed by atoms with Crippen LogP contribution in [0.15, 0.2) is 24.3 Å². The smallest absolute Gasteiger partial charge is 0.383 e. The number of aliphatic hydroxyl groups is 1. The van der Waals surface area contributed by atoms with Crippen LogP contribution in [-0.4, -0.2) is 41.3 Å². The number of carbonyl (C=O) groups excluding carboxylic acids is 1. The summed E-state index contributed by atoms with van der Waals surface area (Å²) in [6, 6.07) is 7.70. The van der Waals surface area contributed by atoms with E-state index in [9.17, 15) is 23.1 Å². The number of hydrogen-bond donors (Lipinski definition) is 1. The van der Waals surface area contributed by atoms with Crippen molar-refractivity contribution in [3.63, 3.8) is 0 Å². The average molecular weight is 343 g/mol. The van der Waals surface area contributed by atoms with Gasteiger partial charge >= 0.3 is 6.18 Å². The first-order chi connectivity index (χ1) is 11.0. The summed E-state index contributed by atoms with van der Waals surface area (Å²) in [7, 11) is 0. The number of likely N-dealkylation sites (tertiary alicyclic amines) is 1. The summed E-state index contributed by atoms with van der Waals surface area (Å²) < 4.78 is 37.8. The van der Waals surface area contributed by atoms with Crippen LogP contribution in [0.2, 0.25) is 0 Å². The molecule has 0 aromatic heterocycles. The third-order valence-electron chi connectivity index (χ3n) is 4.92. The van der Waals surface area contributed by atoms with E-state index in [1.54, 1.807) is 4.90 Å². The number of rotatable bonds is 3. The third-order valence-corrected chi connectivity index (χ3v) is 4.92. The second kappa shape index (κ2) is 6.75. The van der Waals surface area contributed by atoms with E-state index in [0.29, 0.717) is 0 Å². The highest BCUT2D eigenvalue weighted by Gasteiger charge is 2.45. The topological polar surface area (TPSA) is 40.5 Å². The first-order valence-corrected chi connectivity index (χ1v) is 8.15. The van der Waals surface area contributed by atoms with Gasteiger partial charge in [0.1, 0.15) is 0 Å². The Labute approximate surface area is 140 Å². The monoisotopic (exact) mass is 343 g/mol. The normalized spacial score (nSPS) is 18.5. The molecular weight excluding hydrogens is 319 g/mol. The van der Waals surface area contributed by atoms with Gasteiger partial charge in [0.05, 0.1) is 5.41 Å². The summed E-state index contributed by atoms with van der Waals surface area (Å²) in [5, 5.41) is 9.37. The fourth-order valence-electron chi connectivity index (χ4n) is 3.17. The van der Waals surface area contributed by atoms with Gasteiger partial charge in [-0.1, -0.05) is 29.8 Å². The first kappa shape index (κ1) is 18.8. The van der Waals surface area contributed by atoms with E-state index < -0.39 is 23.6 Å². The van der Waals surface area contributed by atoms with Gasteiger partial charge in [0.15, 0.2) is 6.10 Å². The van der Waals surface area contributed by atoms with Crippen molar-refractivity contribution in [3.8, 4) is 0 Å². The zero-order valence-electron chi connectivity index (χ0n) is 14.2. The van der Waals surface area contributed by atoms with E-state index in [-0.39, 0.29) is 31.8 Å². The van der Waals surface area contributed by atoms with Crippen LogP contribution in [0.3, 0.4) is 0 Å². The summed E-state index contributed by atoms with van der Waals surface area (Å²) in [4.78, 5) is 14.4. The molecule has 3 nitrogen and oxygen atoms in total. The summed E-state index contributed by atoms with van der Waals surface area (Å²) in [6.07, 6.45) is -6.58. The van der Waals surface area contributed by atoms with E-state index in [0.717, 1.165) is 11.1 Å². The van der Waals surface area contributed by atoms with Crippen molar-refractivity contribution in [2.24, 2.45) is 5.92 Å². The van der Waals surface area contributed by atoms with Crippen molar-refractivity contribution in [3.05, 3.63) is 35.4 Å². The van der Waals surface area contributed by atoms with Gasteiger partial charge in [0.25, 0.3) is 0 Å². The molecule has 1 aliphatic heterocycles. The molecule has 1 aliphatic rings. The van der Waals surface area contributed by atoms with Crippen LogP contribution in [0, 0.1) is 12.8 Å². The molecule has 134 valence electrons. The summed E-state index contributed by atoms with van der Waals surface area (Å²) in [5.41, 5.74) is 1.25. The van der Waals surface area contributed by atoms with Crippen LogP contribution in [0.4, 0.5) is 13.2 Å². The van der Waals surface area contributed by atoms with Gasteiger partial charge < -0.3 is 10.0 Å². The lowest BCUT2D eigenvalue weighted by molar-refractivity contribution is -0.223. The zero-order valence-corrected chi connectivity index (χ0v) is 14.2. The summed E-state index contributed by atoms with van der Waals surface area (Å²) in [5.74, 6) is -0.928. The number of benzene rings is 1. The van der Waals surface area contributed by atoms with E-state index in [1.165, 1.54) is 0 Å². The predicted molar refractivity (Wildman–Crippen MR) is 85.6 cm³/mol. The number of nitrogens with zero attached hydrogens (tertiary/aromatic N) is 1. The highest BCUT2D eigenvalue weighted by Crippen LogP contribution is 2.33. The van der Waals surface area contributed by atoms with Crippen molar-refractivity contribution in [1.29, 1.82) is 0 Å². The van der Waals surface area contributed by atoms with Gasteiger partial charge in [-0.05, 0) is 45.1 Å². The SMILES string of the molecule is Cc1ccc(C(C)(C)C(=O)N2CCC(C(O)C(F)(F)F)CC2)cc1. The molecule has 1 N–H and O–H groups in total. The average Bonchev–Trinajstić information content (AvgIpc) is 2.53. The minimum absolute atomic E-state index is 0.0914. The molecule has 1 aromatic rings. The molecule has 1 fully saturated rings. The van der Waals surface area contributed by atoms with Crippen LogP contribution < -0.4 is 0 Å². The van der Waals surface area contributed by atoms with Gasteiger partial charge in [-0.25, -0.2) is 0 Å². The van der Waals surface area contributed by atoms with Crippen molar-refractivity contribution in [1.82, 2.24) is 4.90 Å². The standard InChI is InChI=1S/C18H24F3NO2/c1-12-4-6-14(7-5-12)17(2,3)16(24)22-10-8-13(9-11-22)15(23)18(19,20)21/h4-7,13,15,23H,8-11H2,1-3H3. The Kier molecular flexibility index (Phi) is 5.28. The molecule has 0 bridgehead atoms. The highest BCUT2D eigenvalue weighted by atomic mass is 19.4. The van der Waals surface area contributed by atoms with Gasteiger partial charge in [0, 0.05) is 13.1 Å². The maximum atomic E-state index is 12.8. The molecule has 1 unspecified atom stereocenters. The van der Waals surface area contributed by atoms with Crippen LogP contribution >= 0.6 is 0 Å². The van der Waals surface area contributed by atoms with Gasteiger partial charge in [0.2, 0.25) is 5.91 Å². The van der Waals surface area contributed by atoms with Crippen LogP contribution in [0.25, 0.3) is 0 Å². The van der Waals surface area contributed by atoms with Crippen molar-refractivity contribution < 1.29 is 23.1 Å². The lowest BCUT2D eigenvalue weighted by Gasteiger charge is -2.38. The fourth-order valence-corrected chi connectivity index (χ4v) is 3.17. The van der Waals surface area contributed by atoms with Crippen LogP contribution in [0.1, 0.15) is 37.8 Å². The van der Waals surface area contributed by atoms with E-state index >= 15 is 0 Å². The number of hydrogen-bond acceptors (Lipinski definition) is 2. The van der Waals surface area contributed by atoms with E-state index in [4.69, 9.17) is 0 Å². The molecule has 6 heteroatoms. The van der Waals surface area contributed by atoms with E-state index in [2.05, 4.69) is 0 Å². The van der Waals surface area contributed by atoms with E-state index in [1.807, 2.05) is 45.0 Å². The summed E-state index contributed by atoms with van der Waals surface area (Å²) >= 11 is 0. The predicted octanol–water partition coefficient (Wildman–Crippen LogP) is 3.43. The number of aliphatic hydroxyl groups excluding tert-OH is 1. The molecule has 0 radical (unpaired) electrons. The summed E-state index contributed by atoms with van der Waals surface area (Å²) in [6.45, 7) is 6.11. The Hall–Kier alpha value is -1.56. The minimum Gasteiger partial charge on any atom is -0.383 e. The zero-order chi connectivity index (χ0) is 18.1. The number of alkyl halides is 3. The molecule has 1 saturated heterocycles. The fraction of sp³-hybridized carbons (Fsp3) is 0.611. The van der Waals surface area contributed by atoms with Gasteiger partial charge in [-0.15, -0.1) is 0 Å². The highest BCUT2D eigenvalue weighted by molar-refractivity contribution is 5.87. The van der Waals surface area contributed by atoms with Crippen LogP contribution in [0.5, 0.6) is 0 Å². The maximum Gasteiger partial charge on any atom is 0.414 e. The Morgan fingerprint density at radius 1 is 1.17 bits per heavy atom. The van der Waals surface area contributed by atoms with Gasteiger partial charge in [-0.2, -0.15) is 13.2 Å². The van der Waals surface area contributed by atoms with Crippen molar-refractivity contribution in [2.75, 3.05) is 13.1 Å². The maximum absolute atomic E-state index is 12.8. The molecule has 24 heavy (non-hydrogen) atoms.